The lowest BCUT2D eigenvalue weighted by Crippen LogP contribution is -2.43. The Morgan fingerprint density at radius 1 is 1.17 bits per heavy atom. The van der Waals surface area contributed by atoms with Gasteiger partial charge in [-0.3, -0.25) is 14.6 Å². The Balaban J connectivity index is 1.64. The number of hydrogen-bond acceptors (Lipinski definition) is 3. The highest BCUT2D eigenvalue weighted by Crippen LogP contribution is 2.20. The average Bonchev–Trinajstić information content (AvgIpc) is 2.63. The first kappa shape index (κ1) is 16.2. The van der Waals surface area contributed by atoms with Crippen LogP contribution in [-0.4, -0.2) is 34.8 Å². The number of likely N-dealkylation sites (tertiary alicyclic amines) is 1. The monoisotopic (exact) mass is 323 g/mol. The molecule has 1 N–H and O–H groups in total. The third-order valence-electron chi connectivity index (χ3n) is 4.28. The van der Waals surface area contributed by atoms with Crippen LogP contribution in [0.25, 0.3) is 0 Å². The number of nitrogens with one attached hydrogen (secondary N) is 1. The molecular weight excluding hydrogens is 302 g/mol. The fourth-order valence-corrected chi connectivity index (χ4v) is 2.92. The van der Waals surface area contributed by atoms with Crippen molar-refractivity contribution >= 4 is 17.5 Å². The highest BCUT2D eigenvalue weighted by atomic mass is 16.2. The Bertz CT molecular complexity index is 713. The molecule has 1 aromatic heterocycles. The van der Waals surface area contributed by atoms with Crippen LogP contribution in [0.3, 0.4) is 0 Å². The second-order valence-corrected chi connectivity index (χ2v) is 6.13. The molecule has 1 aliphatic heterocycles. The molecule has 2 aromatic rings. The molecule has 1 aliphatic rings. The summed E-state index contributed by atoms with van der Waals surface area (Å²) in [6, 6.07) is 13.0. The van der Waals surface area contributed by atoms with Gasteiger partial charge < -0.3 is 10.2 Å². The van der Waals surface area contributed by atoms with Crippen molar-refractivity contribution in [1.29, 1.82) is 0 Å². The van der Waals surface area contributed by atoms with Gasteiger partial charge in [0.25, 0.3) is 5.91 Å². The van der Waals surface area contributed by atoms with Gasteiger partial charge in [-0.2, -0.15) is 0 Å². The number of amides is 2. The molecule has 1 atom stereocenters. The summed E-state index contributed by atoms with van der Waals surface area (Å²) in [5.41, 5.74) is 2.24. The molecule has 5 nitrogen and oxygen atoms in total. The van der Waals surface area contributed by atoms with Gasteiger partial charge in [0.1, 0.15) is 0 Å². The summed E-state index contributed by atoms with van der Waals surface area (Å²) < 4.78 is 0. The van der Waals surface area contributed by atoms with E-state index in [1.165, 1.54) is 0 Å². The van der Waals surface area contributed by atoms with Crippen LogP contribution in [0, 0.1) is 12.8 Å². The maximum Gasteiger partial charge on any atom is 0.255 e. The van der Waals surface area contributed by atoms with Crippen LogP contribution in [0.1, 0.15) is 28.9 Å². The molecular formula is C19H21N3O2. The molecule has 0 saturated carbocycles. The predicted molar refractivity (Wildman–Crippen MR) is 92.7 cm³/mol. The third kappa shape index (κ3) is 3.79. The standard InChI is InChI=1S/C19H21N3O2/c1-14-9-10-15(12-20-14)19(24)22-11-5-6-16(13-22)18(23)21-17-7-3-2-4-8-17/h2-4,7-10,12,16H,5-6,11,13H2,1H3,(H,21,23). The van der Waals surface area contributed by atoms with Gasteiger partial charge in [-0.05, 0) is 44.0 Å². The first-order valence-electron chi connectivity index (χ1n) is 8.21. The van der Waals surface area contributed by atoms with E-state index >= 15 is 0 Å². The third-order valence-corrected chi connectivity index (χ3v) is 4.28. The van der Waals surface area contributed by atoms with Crippen molar-refractivity contribution in [2.45, 2.75) is 19.8 Å². The van der Waals surface area contributed by atoms with Gasteiger partial charge in [0.2, 0.25) is 5.91 Å². The van der Waals surface area contributed by atoms with Crippen LogP contribution in [-0.2, 0) is 4.79 Å². The van der Waals surface area contributed by atoms with E-state index in [4.69, 9.17) is 0 Å². The molecule has 1 fully saturated rings. The van der Waals surface area contributed by atoms with E-state index in [-0.39, 0.29) is 17.7 Å². The number of carbonyl (C=O) groups excluding carboxylic acids is 2. The van der Waals surface area contributed by atoms with Gasteiger partial charge in [-0.15, -0.1) is 0 Å². The topological polar surface area (TPSA) is 62.3 Å². The number of hydrogen-bond donors (Lipinski definition) is 1. The molecule has 5 heteroatoms. The number of anilines is 1. The number of aryl methyl sites for hydroxylation is 1. The lowest BCUT2D eigenvalue weighted by molar-refractivity contribution is -0.121. The first-order chi connectivity index (χ1) is 11.6. The molecule has 2 amide bonds. The van der Waals surface area contributed by atoms with Gasteiger partial charge in [0, 0.05) is 30.7 Å². The van der Waals surface area contributed by atoms with E-state index in [0.717, 1.165) is 24.2 Å². The zero-order chi connectivity index (χ0) is 16.9. The average molecular weight is 323 g/mol. The zero-order valence-corrected chi connectivity index (χ0v) is 13.7. The maximum absolute atomic E-state index is 12.6. The predicted octanol–water partition coefficient (Wildman–Crippen LogP) is 2.88. The van der Waals surface area contributed by atoms with Crippen LogP contribution in [0.4, 0.5) is 5.69 Å². The molecule has 2 heterocycles. The highest BCUT2D eigenvalue weighted by Gasteiger charge is 2.29. The quantitative estimate of drug-likeness (QED) is 0.945. The summed E-state index contributed by atoms with van der Waals surface area (Å²) in [7, 11) is 0. The van der Waals surface area contributed by atoms with Crippen molar-refractivity contribution in [3.05, 3.63) is 59.9 Å². The second-order valence-electron chi connectivity index (χ2n) is 6.13. The van der Waals surface area contributed by atoms with E-state index < -0.39 is 0 Å². The van der Waals surface area contributed by atoms with Crippen molar-refractivity contribution < 1.29 is 9.59 Å². The molecule has 1 aromatic carbocycles. The lowest BCUT2D eigenvalue weighted by Gasteiger charge is -2.32. The van der Waals surface area contributed by atoms with Gasteiger partial charge >= 0.3 is 0 Å². The molecule has 1 saturated heterocycles. The van der Waals surface area contributed by atoms with Crippen LogP contribution >= 0.6 is 0 Å². The normalized spacial score (nSPS) is 17.4. The van der Waals surface area contributed by atoms with E-state index in [1.54, 1.807) is 17.2 Å². The fraction of sp³-hybridized carbons (Fsp3) is 0.316. The number of aromatic nitrogens is 1. The van der Waals surface area contributed by atoms with Crippen molar-refractivity contribution in [3.8, 4) is 0 Å². The van der Waals surface area contributed by atoms with Crippen LogP contribution < -0.4 is 5.32 Å². The number of pyridine rings is 1. The van der Waals surface area contributed by atoms with E-state index in [1.807, 2.05) is 43.3 Å². The Labute approximate surface area is 141 Å². The summed E-state index contributed by atoms with van der Waals surface area (Å²) in [5, 5.41) is 2.93. The van der Waals surface area contributed by atoms with Crippen molar-refractivity contribution in [3.63, 3.8) is 0 Å². The Morgan fingerprint density at radius 2 is 1.96 bits per heavy atom. The van der Waals surface area contributed by atoms with Gasteiger partial charge in [0.15, 0.2) is 0 Å². The highest BCUT2D eigenvalue weighted by molar-refractivity contribution is 5.96. The van der Waals surface area contributed by atoms with Gasteiger partial charge in [-0.25, -0.2) is 0 Å². The molecule has 3 rings (SSSR count). The number of para-hydroxylation sites is 1. The van der Waals surface area contributed by atoms with Crippen molar-refractivity contribution in [2.75, 3.05) is 18.4 Å². The largest absolute Gasteiger partial charge is 0.338 e. The molecule has 124 valence electrons. The van der Waals surface area contributed by atoms with E-state index in [0.29, 0.717) is 18.7 Å². The first-order valence-corrected chi connectivity index (χ1v) is 8.21. The van der Waals surface area contributed by atoms with Crippen molar-refractivity contribution in [2.24, 2.45) is 5.92 Å². The number of rotatable bonds is 3. The number of benzene rings is 1. The molecule has 1 unspecified atom stereocenters. The maximum atomic E-state index is 12.6. The molecule has 0 aliphatic carbocycles. The van der Waals surface area contributed by atoms with Gasteiger partial charge in [-0.1, -0.05) is 18.2 Å². The molecule has 0 spiro atoms. The minimum Gasteiger partial charge on any atom is -0.338 e. The van der Waals surface area contributed by atoms with E-state index in [2.05, 4.69) is 10.3 Å². The number of piperidine rings is 1. The lowest BCUT2D eigenvalue weighted by atomic mass is 9.96. The minimum absolute atomic E-state index is 0.0271. The summed E-state index contributed by atoms with van der Waals surface area (Å²) in [6.45, 7) is 3.02. The Morgan fingerprint density at radius 3 is 2.67 bits per heavy atom. The number of carbonyl (C=O) groups is 2. The second kappa shape index (κ2) is 7.25. The molecule has 0 bridgehead atoms. The number of nitrogens with zero attached hydrogens (tertiary/aromatic N) is 2. The molecule has 24 heavy (non-hydrogen) atoms. The summed E-state index contributed by atoms with van der Waals surface area (Å²) in [6.07, 6.45) is 3.23. The van der Waals surface area contributed by atoms with Crippen molar-refractivity contribution in [1.82, 2.24) is 9.88 Å². The van der Waals surface area contributed by atoms with E-state index in [9.17, 15) is 9.59 Å². The minimum atomic E-state index is -0.179. The SMILES string of the molecule is Cc1ccc(C(=O)N2CCCC(C(=O)Nc3ccccc3)C2)cn1. The Kier molecular flexibility index (Phi) is 4.89. The smallest absolute Gasteiger partial charge is 0.255 e. The zero-order valence-electron chi connectivity index (χ0n) is 13.7. The van der Waals surface area contributed by atoms with Crippen LogP contribution in [0.15, 0.2) is 48.7 Å². The van der Waals surface area contributed by atoms with Crippen LogP contribution in [0.2, 0.25) is 0 Å². The molecule has 0 radical (unpaired) electrons. The summed E-state index contributed by atoms with van der Waals surface area (Å²) in [4.78, 5) is 31.0. The van der Waals surface area contributed by atoms with Gasteiger partial charge in [0.05, 0.1) is 11.5 Å². The Hall–Kier alpha value is -2.69. The summed E-state index contributed by atoms with van der Waals surface area (Å²) >= 11 is 0. The fourth-order valence-electron chi connectivity index (χ4n) is 2.92. The van der Waals surface area contributed by atoms with Crippen LogP contribution in [0.5, 0.6) is 0 Å². The summed E-state index contributed by atoms with van der Waals surface area (Å²) in [5.74, 6) is -0.262.